The van der Waals surface area contributed by atoms with Gasteiger partial charge < -0.3 is 9.64 Å². The number of hydrogen-bond acceptors (Lipinski definition) is 7. The van der Waals surface area contributed by atoms with E-state index in [0.717, 1.165) is 11.1 Å². The summed E-state index contributed by atoms with van der Waals surface area (Å²) in [7, 11) is 1.66. The van der Waals surface area contributed by atoms with E-state index in [-0.39, 0.29) is 6.54 Å². The number of esters is 1. The topological polar surface area (TPSA) is 96.8 Å². The van der Waals surface area contributed by atoms with Crippen LogP contribution < -0.4 is 10.3 Å². The standard InChI is InChI=1S/C22H21N5O3/c1-27(22-23-13-8-14-24-22)15-20(29)30-16-19(28)25-26-21(17-9-4-2-5-10-17)18-11-6-3-7-12-18/h2-14H,15-16H2,1H3,(H,25,28). The third kappa shape index (κ3) is 5.96. The molecule has 1 amide bonds. The molecule has 8 nitrogen and oxygen atoms in total. The van der Waals surface area contributed by atoms with Crippen molar-refractivity contribution in [3.8, 4) is 0 Å². The predicted molar refractivity (Wildman–Crippen MR) is 113 cm³/mol. The van der Waals surface area contributed by atoms with Gasteiger partial charge in [0, 0.05) is 30.6 Å². The van der Waals surface area contributed by atoms with E-state index in [1.54, 1.807) is 25.5 Å². The molecule has 0 aliphatic heterocycles. The van der Waals surface area contributed by atoms with Crippen molar-refractivity contribution in [2.75, 3.05) is 25.1 Å². The van der Waals surface area contributed by atoms with E-state index < -0.39 is 18.5 Å². The maximum atomic E-state index is 12.1. The summed E-state index contributed by atoms with van der Waals surface area (Å²) in [5.41, 5.74) is 4.77. The molecule has 1 aromatic heterocycles. The predicted octanol–water partition coefficient (Wildman–Crippen LogP) is 2.02. The lowest BCUT2D eigenvalue weighted by atomic mass is 10.0. The molecule has 0 fully saturated rings. The fourth-order valence-electron chi connectivity index (χ4n) is 2.58. The van der Waals surface area contributed by atoms with Gasteiger partial charge in [0.15, 0.2) is 6.61 Å². The average Bonchev–Trinajstić information content (AvgIpc) is 2.80. The molecule has 1 heterocycles. The van der Waals surface area contributed by atoms with Gasteiger partial charge in [-0.15, -0.1) is 0 Å². The maximum Gasteiger partial charge on any atom is 0.326 e. The van der Waals surface area contributed by atoms with Gasteiger partial charge in [0.25, 0.3) is 5.91 Å². The summed E-state index contributed by atoms with van der Waals surface area (Å²) in [6.45, 7) is -0.525. The normalized spacial score (nSPS) is 10.0. The van der Waals surface area contributed by atoms with Crippen LogP contribution in [0, 0.1) is 0 Å². The number of hydrogen-bond donors (Lipinski definition) is 1. The van der Waals surface area contributed by atoms with Crippen LogP contribution in [-0.2, 0) is 14.3 Å². The van der Waals surface area contributed by atoms with Crippen molar-refractivity contribution in [2.45, 2.75) is 0 Å². The van der Waals surface area contributed by atoms with Gasteiger partial charge in [0.1, 0.15) is 6.54 Å². The number of benzene rings is 2. The van der Waals surface area contributed by atoms with Crippen LogP contribution in [0.2, 0.25) is 0 Å². The number of ether oxygens (including phenoxy) is 1. The molecule has 0 bridgehead atoms. The number of carbonyl (C=O) groups excluding carboxylic acids is 2. The van der Waals surface area contributed by atoms with Gasteiger partial charge >= 0.3 is 5.97 Å². The number of amides is 1. The minimum atomic E-state index is -0.574. The number of carbonyl (C=O) groups is 2. The smallest absolute Gasteiger partial charge is 0.326 e. The van der Waals surface area contributed by atoms with Gasteiger partial charge in [-0.05, 0) is 6.07 Å². The minimum absolute atomic E-state index is 0.0835. The van der Waals surface area contributed by atoms with Crippen molar-refractivity contribution in [1.82, 2.24) is 15.4 Å². The number of nitrogens with one attached hydrogen (secondary N) is 1. The van der Waals surface area contributed by atoms with Crippen LogP contribution in [-0.4, -0.2) is 47.8 Å². The van der Waals surface area contributed by atoms with Crippen LogP contribution in [0.5, 0.6) is 0 Å². The number of rotatable bonds is 8. The second-order valence-corrected chi connectivity index (χ2v) is 6.29. The van der Waals surface area contributed by atoms with Crippen molar-refractivity contribution in [1.29, 1.82) is 0 Å². The van der Waals surface area contributed by atoms with E-state index >= 15 is 0 Å². The molecule has 0 atom stereocenters. The zero-order chi connectivity index (χ0) is 21.2. The molecule has 0 saturated carbocycles. The lowest BCUT2D eigenvalue weighted by Crippen LogP contribution is -2.32. The second-order valence-electron chi connectivity index (χ2n) is 6.29. The molecule has 3 rings (SSSR count). The van der Waals surface area contributed by atoms with Gasteiger partial charge in [-0.25, -0.2) is 15.4 Å². The van der Waals surface area contributed by atoms with Crippen LogP contribution in [0.3, 0.4) is 0 Å². The Labute approximate surface area is 174 Å². The van der Waals surface area contributed by atoms with Crippen LogP contribution in [0.4, 0.5) is 5.95 Å². The maximum absolute atomic E-state index is 12.1. The first kappa shape index (κ1) is 20.7. The van der Waals surface area contributed by atoms with Gasteiger partial charge in [-0.1, -0.05) is 60.7 Å². The van der Waals surface area contributed by atoms with E-state index in [1.165, 1.54) is 4.90 Å². The van der Waals surface area contributed by atoms with Crippen LogP contribution in [0.1, 0.15) is 11.1 Å². The van der Waals surface area contributed by atoms with Gasteiger partial charge in [-0.3, -0.25) is 9.59 Å². The average molecular weight is 403 g/mol. The summed E-state index contributed by atoms with van der Waals surface area (Å²) in [5.74, 6) is -0.722. The van der Waals surface area contributed by atoms with Gasteiger partial charge in [-0.2, -0.15) is 5.10 Å². The largest absolute Gasteiger partial charge is 0.454 e. The van der Waals surface area contributed by atoms with Crippen molar-refractivity contribution in [2.24, 2.45) is 5.10 Å². The Morgan fingerprint density at radius 3 is 2.07 bits per heavy atom. The van der Waals surface area contributed by atoms with Crippen LogP contribution >= 0.6 is 0 Å². The Bertz CT molecular complexity index is 954. The number of aromatic nitrogens is 2. The lowest BCUT2D eigenvalue weighted by molar-refractivity contribution is -0.147. The van der Waals surface area contributed by atoms with Gasteiger partial charge in [0.05, 0.1) is 5.71 Å². The zero-order valence-corrected chi connectivity index (χ0v) is 16.4. The molecule has 8 heteroatoms. The minimum Gasteiger partial charge on any atom is -0.454 e. The molecule has 152 valence electrons. The summed E-state index contributed by atoms with van der Waals surface area (Å²) in [5, 5.41) is 4.25. The molecule has 0 saturated heterocycles. The Morgan fingerprint density at radius 2 is 1.50 bits per heavy atom. The highest BCUT2D eigenvalue weighted by Gasteiger charge is 2.13. The number of hydrazone groups is 1. The first-order chi connectivity index (χ1) is 14.6. The third-order valence-electron chi connectivity index (χ3n) is 4.01. The van der Waals surface area contributed by atoms with Crippen LogP contribution in [0.15, 0.2) is 84.2 Å². The molecule has 0 unspecified atom stereocenters. The van der Waals surface area contributed by atoms with E-state index in [9.17, 15) is 9.59 Å². The number of nitrogens with zero attached hydrogens (tertiary/aromatic N) is 4. The molecule has 1 N–H and O–H groups in total. The van der Waals surface area contributed by atoms with E-state index in [1.807, 2.05) is 60.7 Å². The fourth-order valence-corrected chi connectivity index (χ4v) is 2.58. The molecule has 0 aliphatic rings. The van der Waals surface area contributed by atoms with Crippen molar-refractivity contribution in [3.63, 3.8) is 0 Å². The molecule has 0 radical (unpaired) electrons. The van der Waals surface area contributed by atoms with Crippen molar-refractivity contribution < 1.29 is 14.3 Å². The molecular weight excluding hydrogens is 382 g/mol. The van der Waals surface area contributed by atoms with E-state index in [0.29, 0.717) is 11.7 Å². The first-order valence-corrected chi connectivity index (χ1v) is 9.24. The highest BCUT2D eigenvalue weighted by atomic mass is 16.5. The number of likely N-dealkylation sites (N-methyl/N-ethyl adjacent to an activating group) is 1. The summed E-state index contributed by atoms with van der Waals surface area (Å²) < 4.78 is 5.02. The number of anilines is 1. The highest BCUT2D eigenvalue weighted by Crippen LogP contribution is 2.10. The zero-order valence-electron chi connectivity index (χ0n) is 16.4. The molecule has 0 spiro atoms. The fraction of sp³-hybridized carbons (Fsp3) is 0.136. The quantitative estimate of drug-likeness (QED) is 0.351. The Kier molecular flexibility index (Phi) is 7.21. The van der Waals surface area contributed by atoms with Gasteiger partial charge in [0.2, 0.25) is 5.95 Å². The van der Waals surface area contributed by atoms with E-state index in [2.05, 4.69) is 20.5 Å². The molecule has 30 heavy (non-hydrogen) atoms. The van der Waals surface area contributed by atoms with Crippen molar-refractivity contribution >= 4 is 23.5 Å². The second kappa shape index (κ2) is 10.5. The monoisotopic (exact) mass is 403 g/mol. The SMILES string of the molecule is CN(CC(=O)OCC(=O)NN=C(c1ccccc1)c1ccccc1)c1ncccn1. The summed E-state index contributed by atoms with van der Waals surface area (Å²) in [6.07, 6.45) is 3.15. The molecule has 3 aromatic rings. The summed E-state index contributed by atoms with van der Waals surface area (Å²) in [6, 6.07) is 20.7. The highest BCUT2D eigenvalue weighted by molar-refractivity contribution is 6.13. The molecule has 2 aromatic carbocycles. The van der Waals surface area contributed by atoms with E-state index in [4.69, 9.17) is 4.74 Å². The lowest BCUT2D eigenvalue weighted by Gasteiger charge is -2.15. The molecule has 0 aliphatic carbocycles. The Hall–Kier alpha value is -4.07. The van der Waals surface area contributed by atoms with Crippen LogP contribution in [0.25, 0.3) is 0 Å². The molecular formula is C22H21N5O3. The first-order valence-electron chi connectivity index (χ1n) is 9.24. The summed E-state index contributed by atoms with van der Waals surface area (Å²) in [4.78, 5) is 33.7. The third-order valence-corrected chi connectivity index (χ3v) is 4.01. The Balaban J connectivity index is 1.57. The summed E-state index contributed by atoms with van der Waals surface area (Å²) >= 11 is 0. The Morgan fingerprint density at radius 1 is 0.933 bits per heavy atom. The van der Waals surface area contributed by atoms with Crippen molar-refractivity contribution in [3.05, 3.63) is 90.3 Å².